The van der Waals surface area contributed by atoms with Crippen LogP contribution < -0.4 is 11.1 Å². The molecule has 2 heterocycles. The molecule has 1 N–H and O–H groups in total. The van der Waals surface area contributed by atoms with Crippen LogP contribution in [0.1, 0.15) is 6.92 Å². The predicted octanol–water partition coefficient (Wildman–Crippen LogP) is 1.93. The summed E-state index contributed by atoms with van der Waals surface area (Å²) in [7, 11) is 0. The van der Waals surface area contributed by atoms with E-state index in [9.17, 15) is 14.0 Å². The fourth-order valence-corrected chi connectivity index (χ4v) is 2.44. The largest absolute Gasteiger partial charge is 0.380 e. The van der Waals surface area contributed by atoms with Gasteiger partial charge in [-0.05, 0) is 43.3 Å². The molecule has 0 aliphatic heterocycles. The molecule has 3 rings (SSSR count). The molecule has 0 amide bonds. The van der Waals surface area contributed by atoms with Crippen molar-refractivity contribution in [2.75, 3.05) is 13.2 Å². The number of ether oxygens (including phenoxy) is 1. The van der Waals surface area contributed by atoms with Gasteiger partial charge in [-0.25, -0.2) is 9.37 Å². The lowest BCUT2D eigenvalue weighted by atomic mass is 10.1. The Hall–Kier alpha value is -2.80. The topological polar surface area (TPSA) is 77.0 Å². The number of aromatic nitrogens is 3. The van der Waals surface area contributed by atoms with Crippen molar-refractivity contribution in [3.63, 3.8) is 0 Å². The van der Waals surface area contributed by atoms with Crippen LogP contribution >= 0.6 is 0 Å². The van der Waals surface area contributed by atoms with Crippen LogP contribution in [0.15, 0.2) is 46.0 Å². The number of pyridine rings is 1. The summed E-state index contributed by atoms with van der Waals surface area (Å²) < 4.78 is 19.6. The number of hydrogen-bond acceptors (Lipinski definition) is 4. The molecule has 1 aromatic carbocycles. The first-order valence-electron chi connectivity index (χ1n) is 7.57. The molecule has 2 aromatic heterocycles. The molecule has 0 atom stereocenters. The molecular formula is C17H16FN3O3. The van der Waals surface area contributed by atoms with E-state index in [2.05, 4.69) is 9.97 Å². The van der Waals surface area contributed by atoms with E-state index in [0.717, 1.165) is 0 Å². The number of hydrogen-bond donors (Lipinski definition) is 1. The van der Waals surface area contributed by atoms with Gasteiger partial charge in [0.25, 0.3) is 0 Å². The average molecular weight is 329 g/mol. The van der Waals surface area contributed by atoms with Gasteiger partial charge in [-0.2, -0.15) is 0 Å². The Bertz CT molecular complexity index is 977. The summed E-state index contributed by atoms with van der Waals surface area (Å²) in [5.41, 5.74) is 0.747. The van der Waals surface area contributed by atoms with Crippen LogP contribution in [0.2, 0.25) is 0 Å². The van der Waals surface area contributed by atoms with Crippen LogP contribution in [0.3, 0.4) is 0 Å². The Kier molecular flexibility index (Phi) is 4.52. The fraction of sp³-hybridized carbons (Fsp3) is 0.235. The lowest BCUT2D eigenvalue weighted by Crippen LogP contribution is -2.37. The maximum absolute atomic E-state index is 13.1. The highest BCUT2D eigenvalue weighted by Gasteiger charge is 2.10. The summed E-state index contributed by atoms with van der Waals surface area (Å²) in [6.07, 6.45) is 0. The van der Waals surface area contributed by atoms with E-state index >= 15 is 0 Å². The molecule has 24 heavy (non-hydrogen) atoms. The minimum Gasteiger partial charge on any atom is -0.380 e. The van der Waals surface area contributed by atoms with Crippen molar-refractivity contribution in [1.82, 2.24) is 14.5 Å². The van der Waals surface area contributed by atoms with E-state index < -0.39 is 11.1 Å². The molecule has 3 aromatic rings. The highest BCUT2D eigenvalue weighted by atomic mass is 19.1. The van der Waals surface area contributed by atoms with Crippen LogP contribution in [0.4, 0.5) is 4.39 Å². The molecule has 0 radical (unpaired) electrons. The maximum Gasteiger partial charge on any atom is 0.317 e. The molecule has 0 aliphatic rings. The van der Waals surface area contributed by atoms with Crippen LogP contribution in [0, 0.1) is 5.82 Å². The molecule has 0 fully saturated rings. The van der Waals surface area contributed by atoms with Crippen LogP contribution in [-0.2, 0) is 11.3 Å². The number of H-pyrrole nitrogens is 1. The van der Waals surface area contributed by atoms with Crippen molar-refractivity contribution >= 4 is 11.2 Å². The number of nitrogens with zero attached hydrogens (tertiary/aromatic N) is 2. The summed E-state index contributed by atoms with van der Waals surface area (Å²) in [5.74, 6) is -0.336. The summed E-state index contributed by atoms with van der Waals surface area (Å²) in [6.45, 7) is 2.90. The van der Waals surface area contributed by atoms with Crippen LogP contribution in [0.25, 0.3) is 22.4 Å². The van der Waals surface area contributed by atoms with Crippen LogP contribution in [0.5, 0.6) is 0 Å². The first-order chi connectivity index (χ1) is 11.6. The highest BCUT2D eigenvalue weighted by molar-refractivity contribution is 5.74. The Balaban J connectivity index is 2.14. The third-order valence-electron chi connectivity index (χ3n) is 3.62. The number of rotatable bonds is 5. The summed E-state index contributed by atoms with van der Waals surface area (Å²) in [6, 6.07) is 9.30. The van der Waals surface area contributed by atoms with Gasteiger partial charge in [0.2, 0.25) is 0 Å². The molecular weight excluding hydrogens is 313 g/mol. The summed E-state index contributed by atoms with van der Waals surface area (Å²) >= 11 is 0. The molecule has 7 heteroatoms. The lowest BCUT2D eigenvalue weighted by molar-refractivity contribution is 0.139. The van der Waals surface area contributed by atoms with Crippen LogP contribution in [-0.4, -0.2) is 27.7 Å². The second-order valence-electron chi connectivity index (χ2n) is 5.18. The zero-order chi connectivity index (χ0) is 17.1. The third-order valence-corrected chi connectivity index (χ3v) is 3.62. The Morgan fingerprint density at radius 3 is 2.62 bits per heavy atom. The Morgan fingerprint density at radius 1 is 1.17 bits per heavy atom. The van der Waals surface area contributed by atoms with E-state index in [4.69, 9.17) is 4.74 Å². The minimum absolute atomic E-state index is 0.229. The van der Waals surface area contributed by atoms with Crippen molar-refractivity contribution in [3.05, 3.63) is 62.9 Å². The highest BCUT2D eigenvalue weighted by Crippen LogP contribution is 2.19. The zero-order valence-electron chi connectivity index (χ0n) is 13.1. The molecule has 0 aliphatic carbocycles. The molecule has 0 unspecified atom stereocenters. The number of benzene rings is 1. The molecule has 0 saturated heterocycles. The predicted molar refractivity (Wildman–Crippen MR) is 88.5 cm³/mol. The Labute approximate surface area is 136 Å². The number of fused-ring (bicyclic) bond motifs is 1. The molecule has 124 valence electrons. The van der Waals surface area contributed by atoms with Gasteiger partial charge in [-0.3, -0.25) is 14.2 Å². The average Bonchev–Trinajstić information content (AvgIpc) is 2.59. The molecule has 0 spiro atoms. The monoisotopic (exact) mass is 329 g/mol. The molecule has 6 nitrogen and oxygen atoms in total. The first-order valence-corrected chi connectivity index (χ1v) is 7.57. The van der Waals surface area contributed by atoms with Crippen molar-refractivity contribution in [1.29, 1.82) is 0 Å². The van der Waals surface area contributed by atoms with E-state index in [1.807, 2.05) is 6.92 Å². The second kappa shape index (κ2) is 6.76. The second-order valence-corrected chi connectivity index (χ2v) is 5.18. The smallest absolute Gasteiger partial charge is 0.317 e. The van der Waals surface area contributed by atoms with Gasteiger partial charge in [0.15, 0.2) is 5.65 Å². The van der Waals surface area contributed by atoms with Gasteiger partial charge in [0, 0.05) is 12.2 Å². The van der Waals surface area contributed by atoms with Gasteiger partial charge >= 0.3 is 11.1 Å². The normalized spacial score (nSPS) is 11.1. The number of halogens is 1. The van der Waals surface area contributed by atoms with Crippen molar-refractivity contribution in [3.8, 4) is 11.3 Å². The molecule has 0 saturated carbocycles. The minimum atomic E-state index is -0.699. The van der Waals surface area contributed by atoms with Gasteiger partial charge < -0.3 is 9.72 Å². The van der Waals surface area contributed by atoms with E-state index in [1.54, 1.807) is 24.3 Å². The number of nitrogens with one attached hydrogen (secondary N) is 1. The van der Waals surface area contributed by atoms with Crippen molar-refractivity contribution in [2.45, 2.75) is 13.5 Å². The number of aromatic amines is 1. The zero-order valence-corrected chi connectivity index (χ0v) is 13.1. The lowest BCUT2D eigenvalue weighted by Gasteiger charge is -2.10. The van der Waals surface area contributed by atoms with Crippen molar-refractivity contribution in [2.24, 2.45) is 0 Å². The van der Waals surface area contributed by atoms with Gasteiger partial charge in [-0.1, -0.05) is 0 Å². The van der Waals surface area contributed by atoms with Gasteiger partial charge in [-0.15, -0.1) is 0 Å². The SMILES string of the molecule is CCOCCn1c(=O)c(=O)[nH]c2ccc(-c3ccc(F)cc3)nc21. The maximum atomic E-state index is 13.1. The Morgan fingerprint density at radius 2 is 1.92 bits per heavy atom. The van der Waals surface area contributed by atoms with E-state index in [0.29, 0.717) is 35.6 Å². The third kappa shape index (κ3) is 3.11. The van der Waals surface area contributed by atoms with Crippen molar-refractivity contribution < 1.29 is 9.13 Å². The first kappa shape index (κ1) is 16.1. The summed E-state index contributed by atoms with van der Waals surface area (Å²) in [4.78, 5) is 30.9. The van der Waals surface area contributed by atoms with E-state index in [-0.39, 0.29) is 12.4 Å². The standard InChI is InChI=1S/C17H16FN3O3/c1-2-24-10-9-21-15-14(20-16(22)17(21)23)8-7-13(19-15)11-3-5-12(18)6-4-11/h3-8H,2,9-10H2,1H3,(H,20,22). The quantitative estimate of drug-likeness (QED) is 0.573. The van der Waals surface area contributed by atoms with E-state index in [1.165, 1.54) is 16.7 Å². The fourth-order valence-electron chi connectivity index (χ4n) is 2.44. The van der Waals surface area contributed by atoms with Gasteiger partial charge in [0.1, 0.15) is 5.82 Å². The van der Waals surface area contributed by atoms with Gasteiger partial charge in [0.05, 0.1) is 24.4 Å². The summed E-state index contributed by atoms with van der Waals surface area (Å²) in [5, 5.41) is 0. The molecule has 0 bridgehead atoms.